The Bertz CT molecular complexity index is 1350. The molecule has 2 saturated heterocycles. The van der Waals surface area contributed by atoms with E-state index in [0.717, 1.165) is 54.9 Å². The van der Waals surface area contributed by atoms with Gasteiger partial charge < -0.3 is 19.4 Å². The summed E-state index contributed by atoms with van der Waals surface area (Å²) in [5, 5.41) is 2.95. The zero-order chi connectivity index (χ0) is 27.6. The summed E-state index contributed by atoms with van der Waals surface area (Å²) in [4.78, 5) is 31.8. The van der Waals surface area contributed by atoms with Crippen LogP contribution in [0.2, 0.25) is 0 Å². The molecule has 208 valence electrons. The number of imidazole rings is 1. The van der Waals surface area contributed by atoms with Crippen molar-refractivity contribution in [2.24, 2.45) is 5.41 Å². The van der Waals surface area contributed by atoms with Crippen LogP contribution >= 0.6 is 0 Å². The second-order valence-corrected chi connectivity index (χ2v) is 13.1. The highest BCUT2D eigenvalue weighted by Gasteiger charge is 2.40. The molecule has 39 heavy (non-hydrogen) atoms. The molecule has 1 atom stereocenters. The van der Waals surface area contributed by atoms with Crippen molar-refractivity contribution in [1.82, 2.24) is 23.9 Å². The lowest BCUT2D eigenvalue weighted by atomic mass is 9.72. The van der Waals surface area contributed by atoms with Crippen molar-refractivity contribution in [3.8, 4) is 0 Å². The van der Waals surface area contributed by atoms with E-state index in [-0.39, 0.29) is 17.4 Å². The van der Waals surface area contributed by atoms with Gasteiger partial charge in [-0.1, -0.05) is 12.1 Å². The summed E-state index contributed by atoms with van der Waals surface area (Å²) >= 11 is 0. The molecule has 0 bridgehead atoms. The van der Waals surface area contributed by atoms with Crippen LogP contribution in [0.4, 0.5) is 4.79 Å². The Labute approximate surface area is 232 Å². The summed E-state index contributed by atoms with van der Waals surface area (Å²) < 4.78 is 22.7. The molecule has 1 unspecified atom stereocenters. The van der Waals surface area contributed by atoms with Gasteiger partial charge in [-0.05, 0) is 81.7 Å². The molecule has 3 aromatic rings. The third-order valence-electron chi connectivity index (χ3n) is 7.72. The summed E-state index contributed by atoms with van der Waals surface area (Å²) in [7, 11) is -1.22. The fraction of sp³-hybridized carbons (Fsp3) is 0.483. The Hall–Kier alpha value is -3.24. The minimum absolute atomic E-state index is 0.155. The standard InChI is InChI=1S/C29H37N5O4S/c1-28(2,3)38-27(36)32-15-10-29(11-16-32)12-17-34(18-13-29)39(37)24-7-4-22(5-8-24)20-31-26(35)23-6-9-25-30-14-19-33(25)21-23/h4-9,14,19,21H,10-13,15-18,20H2,1-3H3,(H,31,35). The first-order chi connectivity index (χ1) is 18.6. The monoisotopic (exact) mass is 551 g/mol. The van der Waals surface area contributed by atoms with Crippen LogP contribution < -0.4 is 5.32 Å². The smallest absolute Gasteiger partial charge is 0.410 e. The fourth-order valence-corrected chi connectivity index (χ4v) is 6.51. The number of carbonyl (C=O) groups excluding carboxylic acids is 2. The number of ether oxygens (including phenoxy) is 1. The van der Waals surface area contributed by atoms with Gasteiger partial charge in [0.25, 0.3) is 5.91 Å². The number of nitrogens with zero attached hydrogens (tertiary/aromatic N) is 4. The normalized spacial score (nSPS) is 18.7. The molecule has 1 aromatic carbocycles. The molecule has 2 fully saturated rings. The van der Waals surface area contributed by atoms with E-state index in [9.17, 15) is 13.8 Å². The van der Waals surface area contributed by atoms with Gasteiger partial charge in [0.15, 0.2) is 0 Å². The molecule has 2 aromatic heterocycles. The van der Waals surface area contributed by atoms with Crippen molar-refractivity contribution in [3.05, 3.63) is 66.1 Å². The number of pyridine rings is 1. The van der Waals surface area contributed by atoms with Gasteiger partial charge in [-0.25, -0.2) is 18.3 Å². The van der Waals surface area contributed by atoms with Crippen LogP contribution in [-0.2, 0) is 22.3 Å². The second-order valence-electron chi connectivity index (χ2n) is 11.6. The molecule has 0 aliphatic carbocycles. The molecule has 9 nitrogen and oxygen atoms in total. The quantitative estimate of drug-likeness (QED) is 0.507. The number of nitrogens with one attached hydrogen (secondary N) is 1. The average molecular weight is 552 g/mol. The van der Waals surface area contributed by atoms with Gasteiger partial charge in [-0.3, -0.25) is 4.79 Å². The number of fused-ring (bicyclic) bond motifs is 1. The predicted molar refractivity (Wildman–Crippen MR) is 149 cm³/mol. The van der Waals surface area contributed by atoms with Gasteiger partial charge in [0.2, 0.25) is 0 Å². The highest BCUT2D eigenvalue weighted by molar-refractivity contribution is 7.82. The van der Waals surface area contributed by atoms with E-state index in [2.05, 4.69) is 14.6 Å². The van der Waals surface area contributed by atoms with Gasteiger partial charge in [0.05, 0.1) is 10.5 Å². The highest BCUT2D eigenvalue weighted by Crippen LogP contribution is 2.42. The number of hydrogen-bond acceptors (Lipinski definition) is 5. The van der Waals surface area contributed by atoms with E-state index < -0.39 is 16.6 Å². The van der Waals surface area contributed by atoms with Crippen molar-refractivity contribution in [2.45, 2.75) is 63.5 Å². The molecule has 4 heterocycles. The van der Waals surface area contributed by atoms with Gasteiger partial charge >= 0.3 is 6.09 Å². The molecule has 1 N–H and O–H groups in total. The van der Waals surface area contributed by atoms with E-state index in [4.69, 9.17) is 4.74 Å². The minimum Gasteiger partial charge on any atom is -0.444 e. The van der Waals surface area contributed by atoms with E-state index in [1.807, 2.05) is 66.6 Å². The lowest BCUT2D eigenvalue weighted by Gasteiger charge is -2.46. The van der Waals surface area contributed by atoms with E-state index in [0.29, 0.717) is 25.2 Å². The van der Waals surface area contributed by atoms with Crippen molar-refractivity contribution < 1.29 is 18.5 Å². The maximum absolute atomic E-state index is 13.3. The molecule has 5 rings (SSSR count). The number of benzene rings is 1. The third-order valence-corrected chi connectivity index (χ3v) is 9.23. The number of amides is 2. The lowest BCUT2D eigenvalue weighted by molar-refractivity contribution is 0.00276. The molecule has 10 heteroatoms. The van der Waals surface area contributed by atoms with Gasteiger partial charge in [0.1, 0.15) is 22.2 Å². The van der Waals surface area contributed by atoms with Gasteiger partial charge in [-0.15, -0.1) is 0 Å². The van der Waals surface area contributed by atoms with Crippen molar-refractivity contribution in [2.75, 3.05) is 26.2 Å². The Morgan fingerprint density at radius 1 is 1.00 bits per heavy atom. The predicted octanol–water partition coefficient (Wildman–Crippen LogP) is 4.40. The highest BCUT2D eigenvalue weighted by atomic mass is 32.2. The van der Waals surface area contributed by atoms with Crippen LogP contribution in [0.25, 0.3) is 5.65 Å². The van der Waals surface area contributed by atoms with E-state index in [1.54, 1.807) is 18.5 Å². The first-order valence-electron chi connectivity index (χ1n) is 13.6. The first-order valence-corrected chi connectivity index (χ1v) is 14.7. The first kappa shape index (κ1) is 27.3. The number of likely N-dealkylation sites (tertiary alicyclic amines) is 1. The fourth-order valence-electron chi connectivity index (χ4n) is 5.33. The molecular weight excluding hydrogens is 514 g/mol. The summed E-state index contributed by atoms with van der Waals surface area (Å²) in [5.41, 5.74) is 2.04. The number of piperidine rings is 2. The van der Waals surface area contributed by atoms with Crippen LogP contribution in [0, 0.1) is 5.41 Å². The summed E-state index contributed by atoms with van der Waals surface area (Å²) in [6.45, 7) is 9.05. The molecule has 0 radical (unpaired) electrons. The summed E-state index contributed by atoms with van der Waals surface area (Å²) in [5.74, 6) is -0.155. The largest absolute Gasteiger partial charge is 0.444 e. The van der Waals surface area contributed by atoms with E-state index in [1.165, 1.54) is 0 Å². The molecule has 0 saturated carbocycles. The molecule has 2 aliphatic rings. The molecule has 2 aliphatic heterocycles. The minimum atomic E-state index is -1.22. The van der Waals surface area contributed by atoms with Crippen LogP contribution in [0.15, 0.2) is 59.9 Å². The van der Waals surface area contributed by atoms with Crippen LogP contribution in [0.5, 0.6) is 0 Å². The van der Waals surface area contributed by atoms with Gasteiger partial charge in [0, 0.05) is 51.3 Å². The Balaban J connectivity index is 1.09. The molecular formula is C29H37N5O4S. The van der Waals surface area contributed by atoms with Crippen LogP contribution in [0.1, 0.15) is 62.4 Å². The van der Waals surface area contributed by atoms with Crippen LogP contribution in [0.3, 0.4) is 0 Å². The summed E-state index contributed by atoms with van der Waals surface area (Å²) in [6, 6.07) is 11.2. The van der Waals surface area contributed by atoms with E-state index >= 15 is 0 Å². The Morgan fingerprint density at radius 3 is 2.33 bits per heavy atom. The zero-order valence-corrected chi connectivity index (χ0v) is 23.7. The number of hydrogen-bond donors (Lipinski definition) is 1. The Morgan fingerprint density at radius 2 is 1.67 bits per heavy atom. The van der Waals surface area contributed by atoms with Crippen molar-refractivity contribution in [1.29, 1.82) is 0 Å². The second kappa shape index (κ2) is 11.1. The van der Waals surface area contributed by atoms with Crippen LogP contribution in [-0.4, -0.2) is 66.6 Å². The zero-order valence-electron chi connectivity index (χ0n) is 22.9. The number of rotatable bonds is 5. The number of aromatic nitrogens is 2. The van der Waals surface area contributed by atoms with Crippen molar-refractivity contribution >= 4 is 28.6 Å². The lowest BCUT2D eigenvalue weighted by Crippen LogP contribution is -2.49. The van der Waals surface area contributed by atoms with Gasteiger partial charge in [-0.2, -0.15) is 0 Å². The SMILES string of the molecule is CC(C)(C)OC(=O)N1CCC2(CC1)CCN(S(=O)c1ccc(CNC(=O)c3ccc4nccn4c3)cc1)CC2. The topological polar surface area (TPSA) is 96.2 Å². The molecule has 2 amide bonds. The Kier molecular flexibility index (Phi) is 7.77. The van der Waals surface area contributed by atoms with Crippen molar-refractivity contribution in [3.63, 3.8) is 0 Å². The molecule has 1 spiro atoms. The average Bonchev–Trinajstić information content (AvgIpc) is 3.40. The maximum Gasteiger partial charge on any atom is 0.410 e. The third kappa shape index (κ3) is 6.50. The maximum atomic E-state index is 13.3. The summed E-state index contributed by atoms with van der Waals surface area (Å²) in [6.07, 6.45) is 8.93. The number of carbonyl (C=O) groups is 2.